The Morgan fingerprint density at radius 1 is 1.24 bits per heavy atom. The molecule has 1 aliphatic heterocycles. The lowest BCUT2D eigenvalue weighted by molar-refractivity contribution is -0.165. The van der Waals surface area contributed by atoms with E-state index in [2.05, 4.69) is 18.7 Å². The molecule has 100 valence electrons. The SMILES string of the molecule is CC(C)[C@@H](C(=O)OC(C)(C)C)N1CCOCC1. The average molecular weight is 243 g/mol. The van der Waals surface area contributed by atoms with E-state index in [0.717, 1.165) is 13.1 Å². The molecule has 0 amide bonds. The van der Waals surface area contributed by atoms with Crippen LogP contribution in [0.25, 0.3) is 0 Å². The molecule has 1 rings (SSSR count). The molecule has 4 heteroatoms. The summed E-state index contributed by atoms with van der Waals surface area (Å²) in [6.45, 7) is 12.8. The van der Waals surface area contributed by atoms with Crippen molar-refractivity contribution < 1.29 is 14.3 Å². The van der Waals surface area contributed by atoms with Gasteiger partial charge in [-0.15, -0.1) is 0 Å². The molecule has 0 aromatic rings. The number of esters is 1. The first-order chi connectivity index (χ1) is 7.81. The fraction of sp³-hybridized carbons (Fsp3) is 0.923. The maximum Gasteiger partial charge on any atom is 0.324 e. The van der Waals surface area contributed by atoms with Crippen LogP contribution in [0.5, 0.6) is 0 Å². The van der Waals surface area contributed by atoms with Crippen LogP contribution < -0.4 is 0 Å². The maximum absolute atomic E-state index is 12.2. The van der Waals surface area contributed by atoms with Gasteiger partial charge in [0.25, 0.3) is 0 Å². The number of nitrogens with zero attached hydrogens (tertiary/aromatic N) is 1. The highest BCUT2D eigenvalue weighted by Crippen LogP contribution is 2.18. The number of hydrogen-bond acceptors (Lipinski definition) is 4. The molecule has 0 bridgehead atoms. The van der Waals surface area contributed by atoms with Crippen molar-refractivity contribution in [1.82, 2.24) is 4.90 Å². The highest BCUT2D eigenvalue weighted by atomic mass is 16.6. The van der Waals surface area contributed by atoms with E-state index in [1.54, 1.807) is 0 Å². The lowest BCUT2D eigenvalue weighted by Crippen LogP contribution is -2.51. The van der Waals surface area contributed by atoms with Gasteiger partial charge in [-0.3, -0.25) is 9.69 Å². The number of hydrogen-bond donors (Lipinski definition) is 0. The average Bonchev–Trinajstić information content (AvgIpc) is 2.15. The third kappa shape index (κ3) is 4.64. The third-order valence-electron chi connectivity index (χ3n) is 2.72. The monoisotopic (exact) mass is 243 g/mol. The summed E-state index contributed by atoms with van der Waals surface area (Å²) in [5.74, 6) is 0.136. The largest absolute Gasteiger partial charge is 0.459 e. The molecule has 0 aliphatic carbocycles. The van der Waals surface area contributed by atoms with Crippen molar-refractivity contribution in [3.63, 3.8) is 0 Å². The summed E-state index contributed by atoms with van der Waals surface area (Å²) >= 11 is 0. The molecule has 17 heavy (non-hydrogen) atoms. The maximum atomic E-state index is 12.2. The minimum atomic E-state index is -0.420. The highest BCUT2D eigenvalue weighted by Gasteiger charge is 2.33. The predicted molar refractivity (Wildman–Crippen MR) is 66.9 cm³/mol. The minimum absolute atomic E-state index is 0.116. The summed E-state index contributed by atoms with van der Waals surface area (Å²) in [5, 5.41) is 0. The Balaban J connectivity index is 2.67. The molecule has 1 saturated heterocycles. The van der Waals surface area contributed by atoms with Crippen LogP contribution in [0, 0.1) is 5.92 Å². The molecule has 0 unspecified atom stereocenters. The summed E-state index contributed by atoms with van der Waals surface area (Å²) in [6.07, 6.45) is 0. The van der Waals surface area contributed by atoms with Gasteiger partial charge in [-0.25, -0.2) is 0 Å². The first-order valence-electron chi connectivity index (χ1n) is 6.36. The molecule has 0 N–H and O–H groups in total. The molecular weight excluding hydrogens is 218 g/mol. The molecule has 0 saturated carbocycles. The molecule has 0 aromatic carbocycles. The van der Waals surface area contributed by atoms with Crippen LogP contribution in [0.2, 0.25) is 0 Å². The van der Waals surface area contributed by atoms with Gasteiger partial charge in [-0.05, 0) is 26.7 Å². The molecule has 1 fully saturated rings. The Morgan fingerprint density at radius 3 is 2.18 bits per heavy atom. The molecular formula is C13H25NO3. The van der Waals surface area contributed by atoms with E-state index in [1.807, 2.05) is 20.8 Å². The topological polar surface area (TPSA) is 38.8 Å². The van der Waals surface area contributed by atoms with E-state index in [1.165, 1.54) is 0 Å². The number of carbonyl (C=O) groups excluding carboxylic acids is 1. The van der Waals surface area contributed by atoms with Crippen LogP contribution in [-0.2, 0) is 14.3 Å². The summed E-state index contributed by atoms with van der Waals surface area (Å²) < 4.78 is 10.8. The van der Waals surface area contributed by atoms with Crippen LogP contribution in [0.4, 0.5) is 0 Å². The Bertz CT molecular complexity index is 252. The van der Waals surface area contributed by atoms with E-state index in [-0.39, 0.29) is 17.9 Å². The third-order valence-corrected chi connectivity index (χ3v) is 2.72. The van der Waals surface area contributed by atoms with Gasteiger partial charge < -0.3 is 9.47 Å². The van der Waals surface area contributed by atoms with Crippen LogP contribution in [0.1, 0.15) is 34.6 Å². The number of ether oxygens (including phenoxy) is 2. The van der Waals surface area contributed by atoms with Crippen molar-refractivity contribution in [2.24, 2.45) is 5.92 Å². The zero-order valence-electron chi connectivity index (χ0n) is 11.7. The normalized spacial score (nSPS) is 20.4. The quantitative estimate of drug-likeness (QED) is 0.707. The second-order valence-electron chi connectivity index (χ2n) is 5.87. The van der Waals surface area contributed by atoms with Crippen LogP contribution >= 0.6 is 0 Å². The fourth-order valence-electron chi connectivity index (χ4n) is 2.06. The van der Waals surface area contributed by atoms with Gasteiger partial charge >= 0.3 is 5.97 Å². The first-order valence-corrected chi connectivity index (χ1v) is 6.36. The first kappa shape index (κ1) is 14.5. The number of carbonyl (C=O) groups is 1. The second-order valence-corrected chi connectivity index (χ2v) is 5.87. The Labute approximate surface area is 104 Å². The molecule has 1 aliphatic rings. The summed E-state index contributed by atoms with van der Waals surface area (Å²) in [5.41, 5.74) is -0.420. The van der Waals surface area contributed by atoms with Gasteiger partial charge in [-0.2, -0.15) is 0 Å². The molecule has 0 aromatic heterocycles. The van der Waals surface area contributed by atoms with E-state index in [4.69, 9.17) is 9.47 Å². The molecule has 0 radical (unpaired) electrons. The summed E-state index contributed by atoms with van der Waals surface area (Å²) in [6, 6.07) is -0.155. The van der Waals surface area contributed by atoms with Crippen molar-refractivity contribution in [1.29, 1.82) is 0 Å². The molecule has 4 nitrogen and oxygen atoms in total. The fourth-order valence-corrected chi connectivity index (χ4v) is 2.06. The van der Waals surface area contributed by atoms with E-state index >= 15 is 0 Å². The number of rotatable bonds is 3. The van der Waals surface area contributed by atoms with Crippen molar-refractivity contribution in [2.45, 2.75) is 46.3 Å². The van der Waals surface area contributed by atoms with Crippen molar-refractivity contribution in [2.75, 3.05) is 26.3 Å². The lowest BCUT2D eigenvalue weighted by atomic mass is 10.0. The van der Waals surface area contributed by atoms with Crippen molar-refractivity contribution >= 4 is 5.97 Å². The van der Waals surface area contributed by atoms with Gasteiger partial charge in [-0.1, -0.05) is 13.8 Å². The van der Waals surface area contributed by atoms with Gasteiger partial charge in [0.2, 0.25) is 0 Å². The molecule has 1 heterocycles. The van der Waals surface area contributed by atoms with Gasteiger partial charge in [0.15, 0.2) is 0 Å². The predicted octanol–water partition coefficient (Wildman–Crippen LogP) is 1.68. The van der Waals surface area contributed by atoms with Gasteiger partial charge in [0.1, 0.15) is 11.6 Å². The Kier molecular flexibility index (Phi) is 4.95. The van der Waals surface area contributed by atoms with Crippen LogP contribution in [0.15, 0.2) is 0 Å². The smallest absolute Gasteiger partial charge is 0.324 e. The van der Waals surface area contributed by atoms with Gasteiger partial charge in [0.05, 0.1) is 13.2 Å². The van der Waals surface area contributed by atoms with Crippen LogP contribution in [-0.4, -0.2) is 48.8 Å². The molecule has 0 spiro atoms. The van der Waals surface area contributed by atoms with Gasteiger partial charge in [0, 0.05) is 13.1 Å². The van der Waals surface area contributed by atoms with Crippen LogP contribution in [0.3, 0.4) is 0 Å². The molecule has 1 atom stereocenters. The zero-order valence-corrected chi connectivity index (χ0v) is 11.7. The Morgan fingerprint density at radius 2 is 1.76 bits per heavy atom. The van der Waals surface area contributed by atoms with Crippen molar-refractivity contribution in [3.05, 3.63) is 0 Å². The number of morpholine rings is 1. The van der Waals surface area contributed by atoms with E-state index in [0.29, 0.717) is 13.2 Å². The van der Waals surface area contributed by atoms with Crippen molar-refractivity contribution in [3.8, 4) is 0 Å². The summed E-state index contributed by atoms with van der Waals surface area (Å²) in [7, 11) is 0. The lowest BCUT2D eigenvalue weighted by Gasteiger charge is -2.36. The zero-order chi connectivity index (χ0) is 13.1. The standard InChI is InChI=1S/C13H25NO3/c1-10(2)11(12(15)17-13(3,4)5)14-6-8-16-9-7-14/h10-11H,6-9H2,1-5H3/t11-/m0/s1. The minimum Gasteiger partial charge on any atom is -0.459 e. The Hall–Kier alpha value is -0.610. The van der Waals surface area contributed by atoms with E-state index in [9.17, 15) is 4.79 Å². The van der Waals surface area contributed by atoms with E-state index < -0.39 is 5.60 Å². The highest BCUT2D eigenvalue weighted by molar-refractivity contribution is 5.76. The summed E-state index contributed by atoms with van der Waals surface area (Å²) in [4.78, 5) is 14.4. The second kappa shape index (κ2) is 5.83.